The average molecular weight is 289 g/mol. The summed E-state index contributed by atoms with van der Waals surface area (Å²) < 4.78 is 4.63. The van der Waals surface area contributed by atoms with Crippen molar-refractivity contribution in [1.82, 2.24) is 9.88 Å². The van der Waals surface area contributed by atoms with Crippen LogP contribution in [0.1, 0.15) is 24.3 Å². The molecule has 0 atom stereocenters. The summed E-state index contributed by atoms with van der Waals surface area (Å²) in [5.41, 5.74) is 7.58. The first kappa shape index (κ1) is 14.9. The van der Waals surface area contributed by atoms with Gasteiger partial charge >= 0.3 is 5.97 Å². The van der Waals surface area contributed by atoms with E-state index in [1.807, 2.05) is 26.0 Å². The van der Waals surface area contributed by atoms with Crippen molar-refractivity contribution >= 4 is 28.5 Å². The number of carbonyl (C=O) groups excluding carboxylic acids is 2. The van der Waals surface area contributed by atoms with Gasteiger partial charge in [0.05, 0.1) is 18.3 Å². The number of anilines is 1. The predicted molar refractivity (Wildman–Crippen MR) is 80.9 cm³/mol. The standard InChI is InChI=1S/C15H19N3O3/c1-9(2)18(8-13(19)21-3)15(20)12-7-10-5-4-6-11(16)14(10)17-12/h4-7,9,17H,8,16H2,1-3H3. The number of methoxy groups -OCH3 is 1. The highest BCUT2D eigenvalue weighted by Crippen LogP contribution is 2.22. The molecule has 1 aromatic heterocycles. The molecule has 1 amide bonds. The van der Waals surface area contributed by atoms with E-state index in [1.54, 1.807) is 12.1 Å². The first-order valence-electron chi connectivity index (χ1n) is 6.69. The molecule has 0 saturated heterocycles. The Morgan fingerprint density at radius 2 is 2.10 bits per heavy atom. The Hall–Kier alpha value is -2.50. The quantitative estimate of drug-likeness (QED) is 0.663. The topological polar surface area (TPSA) is 88.4 Å². The fourth-order valence-electron chi connectivity index (χ4n) is 2.14. The molecule has 1 heterocycles. The number of benzene rings is 1. The highest BCUT2D eigenvalue weighted by molar-refractivity contribution is 6.01. The van der Waals surface area contributed by atoms with E-state index in [2.05, 4.69) is 9.72 Å². The van der Waals surface area contributed by atoms with E-state index in [4.69, 9.17) is 5.73 Å². The number of hydrogen-bond donors (Lipinski definition) is 2. The van der Waals surface area contributed by atoms with Crippen molar-refractivity contribution in [3.8, 4) is 0 Å². The number of aromatic amines is 1. The molecule has 0 unspecified atom stereocenters. The summed E-state index contributed by atoms with van der Waals surface area (Å²) in [5, 5.41) is 0.861. The molecule has 2 rings (SSSR count). The van der Waals surface area contributed by atoms with Crippen molar-refractivity contribution < 1.29 is 14.3 Å². The molecule has 0 aliphatic rings. The minimum absolute atomic E-state index is 0.0855. The molecular formula is C15H19N3O3. The van der Waals surface area contributed by atoms with E-state index in [0.717, 1.165) is 10.9 Å². The SMILES string of the molecule is COC(=O)CN(C(=O)c1cc2cccc(N)c2[nH]1)C(C)C. The number of para-hydroxylation sites is 1. The van der Waals surface area contributed by atoms with Crippen LogP contribution in [0.2, 0.25) is 0 Å². The van der Waals surface area contributed by atoms with Gasteiger partial charge in [-0.15, -0.1) is 0 Å². The summed E-state index contributed by atoms with van der Waals surface area (Å²) in [6, 6.07) is 7.08. The van der Waals surface area contributed by atoms with Crippen LogP contribution in [-0.2, 0) is 9.53 Å². The molecule has 0 spiro atoms. The second kappa shape index (κ2) is 5.87. The fraction of sp³-hybridized carbons (Fsp3) is 0.333. The Balaban J connectivity index is 2.34. The van der Waals surface area contributed by atoms with E-state index in [1.165, 1.54) is 12.0 Å². The number of fused-ring (bicyclic) bond motifs is 1. The van der Waals surface area contributed by atoms with E-state index < -0.39 is 5.97 Å². The second-order valence-corrected chi connectivity index (χ2v) is 5.10. The van der Waals surface area contributed by atoms with Gasteiger partial charge in [0.1, 0.15) is 12.2 Å². The molecule has 21 heavy (non-hydrogen) atoms. The van der Waals surface area contributed by atoms with Crippen LogP contribution in [0.25, 0.3) is 10.9 Å². The van der Waals surface area contributed by atoms with Crippen LogP contribution >= 0.6 is 0 Å². The zero-order chi connectivity index (χ0) is 15.6. The molecule has 1 aromatic carbocycles. The average Bonchev–Trinajstić information content (AvgIpc) is 2.89. The molecule has 0 radical (unpaired) electrons. The third kappa shape index (κ3) is 2.99. The summed E-state index contributed by atoms with van der Waals surface area (Å²) in [4.78, 5) is 28.5. The van der Waals surface area contributed by atoms with Crippen LogP contribution in [0, 0.1) is 0 Å². The molecular weight excluding hydrogens is 270 g/mol. The van der Waals surface area contributed by atoms with E-state index in [0.29, 0.717) is 11.4 Å². The molecule has 0 aliphatic heterocycles. The predicted octanol–water partition coefficient (Wildman–Crippen LogP) is 1.77. The number of hydrogen-bond acceptors (Lipinski definition) is 4. The molecule has 112 valence electrons. The Morgan fingerprint density at radius 1 is 1.38 bits per heavy atom. The van der Waals surface area contributed by atoms with Gasteiger partial charge in [-0.25, -0.2) is 0 Å². The van der Waals surface area contributed by atoms with Gasteiger partial charge < -0.3 is 20.4 Å². The van der Waals surface area contributed by atoms with Crippen molar-refractivity contribution in [2.24, 2.45) is 0 Å². The third-order valence-corrected chi connectivity index (χ3v) is 3.33. The number of nitrogens with one attached hydrogen (secondary N) is 1. The van der Waals surface area contributed by atoms with Crippen LogP contribution in [0.15, 0.2) is 24.3 Å². The summed E-state index contributed by atoms with van der Waals surface area (Å²) in [6.07, 6.45) is 0. The number of carbonyl (C=O) groups is 2. The highest BCUT2D eigenvalue weighted by atomic mass is 16.5. The Morgan fingerprint density at radius 3 is 2.67 bits per heavy atom. The van der Waals surface area contributed by atoms with Gasteiger partial charge in [0.15, 0.2) is 0 Å². The smallest absolute Gasteiger partial charge is 0.325 e. The van der Waals surface area contributed by atoms with Crippen LogP contribution < -0.4 is 5.73 Å². The summed E-state index contributed by atoms with van der Waals surface area (Å²) in [5.74, 6) is -0.710. The maximum absolute atomic E-state index is 12.6. The molecule has 6 nitrogen and oxygen atoms in total. The minimum Gasteiger partial charge on any atom is -0.468 e. The zero-order valence-corrected chi connectivity index (χ0v) is 12.3. The first-order chi connectivity index (χ1) is 9.93. The number of aromatic nitrogens is 1. The van der Waals surface area contributed by atoms with Crippen LogP contribution in [0.3, 0.4) is 0 Å². The van der Waals surface area contributed by atoms with Crippen molar-refractivity contribution in [2.75, 3.05) is 19.4 Å². The Labute approximate surface area is 122 Å². The number of ether oxygens (including phenoxy) is 1. The number of esters is 1. The van der Waals surface area contributed by atoms with Crippen molar-refractivity contribution in [3.05, 3.63) is 30.0 Å². The number of nitrogens with zero attached hydrogens (tertiary/aromatic N) is 1. The Kier molecular flexibility index (Phi) is 4.16. The van der Waals surface area contributed by atoms with Crippen molar-refractivity contribution in [3.63, 3.8) is 0 Å². The number of rotatable bonds is 4. The van der Waals surface area contributed by atoms with Crippen molar-refractivity contribution in [1.29, 1.82) is 0 Å². The zero-order valence-electron chi connectivity index (χ0n) is 12.3. The van der Waals surface area contributed by atoms with E-state index in [9.17, 15) is 9.59 Å². The maximum Gasteiger partial charge on any atom is 0.325 e. The van der Waals surface area contributed by atoms with Crippen LogP contribution in [-0.4, -0.2) is 41.5 Å². The lowest BCUT2D eigenvalue weighted by atomic mass is 10.2. The summed E-state index contributed by atoms with van der Waals surface area (Å²) in [6.45, 7) is 3.60. The molecule has 3 N–H and O–H groups in total. The molecule has 0 saturated carbocycles. The minimum atomic E-state index is -0.451. The third-order valence-electron chi connectivity index (χ3n) is 3.33. The van der Waals surface area contributed by atoms with Gasteiger partial charge in [-0.2, -0.15) is 0 Å². The number of nitrogens with two attached hydrogens (primary N) is 1. The number of nitrogen functional groups attached to an aromatic ring is 1. The monoisotopic (exact) mass is 289 g/mol. The van der Waals surface area contributed by atoms with Crippen LogP contribution in [0.5, 0.6) is 0 Å². The first-order valence-corrected chi connectivity index (χ1v) is 6.69. The fourth-order valence-corrected chi connectivity index (χ4v) is 2.14. The van der Waals surface area contributed by atoms with Gasteiger partial charge in [-0.1, -0.05) is 12.1 Å². The van der Waals surface area contributed by atoms with Gasteiger partial charge in [0.25, 0.3) is 5.91 Å². The lowest BCUT2D eigenvalue weighted by Crippen LogP contribution is -2.41. The van der Waals surface area contributed by atoms with Gasteiger partial charge in [0, 0.05) is 11.4 Å². The molecule has 6 heteroatoms. The Bertz CT molecular complexity index is 676. The molecule has 2 aromatic rings. The summed E-state index contributed by atoms with van der Waals surface area (Å²) in [7, 11) is 1.30. The highest BCUT2D eigenvalue weighted by Gasteiger charge is 2.23. The summed E-state index contributed by atoms with van der Waals surface area (Å²) >= 11 is 0. The largest absolute Gasteiger partial charge is 0.468 e. The van der Waals surface area contributed by atoms with Gasteiger partial charge in [0.2, 0.25) is 0 Å². The van der Waals surface area contributed by atoms with E-state index >= 15 is 0 Å². The normalized spacial score (nSPS) is 10.9. The lowest BCUT2D eigenvalue weighted by molar-refractivity contribution is -0.141. The van der Waals surface area contributed by atoms with Gasteiger partial charge in [-0.05, 0) is 26.0 Å². The van der Waals surface area contributed by atoms with E-state index in [-0.39, 0.29) is 18.5 Å². The lowest BCUT2D eigenvalue weighted by Gasteiger charge is -2.24. The second-order valence-electron chi connectivity index (χ2n) is 5.10. The van der Waals surface area contributed by atoms with Crippen LogP contribution in [0.4, 0.5) is 5.69 Å². The molecule has 0 aliphatic carbocycles. The maximum atomic E-state index is 12.6. The van der Waals surface area contributed by atoms with Crippen molar-refractivity contribution in [2.45, 2.75) is 19.9 Å². The molecule has 0 fully saturated rings. The number of amides is 1. The van der Waals surface area contributed by atoms with Gasteiger partial charge in [-0.3, -0.25) is 9.59 Å². The number of H-pyrrole nitrogens is 1. The molecule has 0 bridgehead atoms.